The topological polar surface area (TPSA) is 387 Å². The number of nitrogens with zero attached hydrogens (tertiary/aromatic N) is 13. The van der Waals surface area contributed by atoms with E-state index in [-0.39, 0.29) is 104 Å². The van der Waals surface area contributed by atoms with Gasteiger partial charge in [0, 0.05) is 157 Å². The normalized spacial score (nSPS) is 21.5. The van der Waals surface area contributed by atoms with Crippen LogP contribution in [-0.4, -0.2) is 229 Å². The number of ether oxygens (including phenoxy) is 5. The number of thiazole rings is 4. The standard InChI is InChI=1S/C22H22BrFN4O4S2.C22H20BrFN4O4S.2C20H17BrF4N4O4S2/c1-2-32-22(29)18-17-10-13(27-34(30,31)14-4-5-14)11-28(17)20(21-25-7-8-33-21)26-19(18)15-6-3-12(24)9-16(15)23;1-2-31-21(29)17-16-10-13(27-6-7-32-22(27)30)11-28(16)19(20-25-5-8-33-20)26-18(17)14-4-3-12(24)9-15(14)23;2*1-2-33-19(30)15-14-8-11(28-35(31,32)20(23,24)25)9-29(14)17(18-26-5-6-34-18)27-16(15)12-4-3-10(22)7-13(12)21/h3,6-9,13-14,19,27H,2,4-5,10-11H2,1H3;3-5,8-9,13,18H,2,6-7,10-11H2,1H3;2*3-7,11,16,28H,2,8-9H2,1H3/t13-,19-;13-,18+;11-,16+;11-,16-/m0110/s1. The van der Waals surface area contributed by atoms with Crippen LogP contribution in [-0.2, 0) is 72.9 Å². The van der Waals surface area contributed by atoms with Crippen LogP contribution in [0.3, 0.4) is 0 Å². The molecule has 137 heavy (non-hydrogen) atoms. The molecule has 4 aromatic carbocycles. The number of esters is 4. The molecular formula is C84H76Br4F10N16O16S7. The predicted octanol–water partition coefficient (Wildman–Crippen LogP) is 15.2. The molecule has 0 radical (unpaired) electrons. The van der Waals surface area contributed by atoms with Gasteiger partial charge in [-0.1, -0.05) is 88.0 Å². The molecule has 9 aliphatic heterocycles. The van der Waals surface area contributed by atoms with E-state index in [0.29, 0.717) is 141 Å². The van der Waals surface area contributed by atoms with Gasteiger partial charge >= 0.3 is 61.0 Å². The lowest BCUT2D eigenvalue weighted by atomic mass is 9.94. The number of fused-ring (bicyclic) bond motifs is 4. The molecule has 728 valence electrons. The molecule has 8 aromatic rings. The molecular weight excluding hydrogens is 2220 g/mol. The van der Waals surface area contributed by atoms with Gasteiger partial charge in [0.1, 0.15) is 54.0 Å². The van der Waals surface area contributed by atoms with Crippen molar-refractivity contribution >= 4 is 192 Å². The molecule has 6 fully saturated rings. The van der Waals surface area contributed by atoms with Crippen LogP contribution >= 0.6 is 109 Å². The summed E-state index contributed by atoms with van der Waals surface area (Å²) in [6.07, 6.45) is 7.63. The maximum absolute atomic E-state index is 13.8. The molecule has 3 N–H and O–H groups in total. The highest BCUT2D eigenvalue weighted by Crippen LogP contribution is 2.50. The minimum absolute atomic E-state index is 0.0140. The van der Waals surface area contributed by atoms with E-state index in [9.17, 15) is 93.1 Å². The number of hydrogen-bond donors (Lipinski definition) is 3. The first-order valence-electron chi connectivity index (χ1n) is 41.6. The number of amidine groups is 4. The number of rotatable bonds is 24. The number of halogens is 14. The van der Waals surface area contributed by atoms with Gasteiger partial charge in [0.05, 0.1) is 66.6 Å². The number of carbonyl (C=O) groups excluding carboxylic acids is 5. The number of alkyl halides is 6. The summed E-state index contributed by atoms with van der Waals surface area (Å²) in [6.45, 7) is 8.24. The molecule has 10 aliphatic rings. The maximum atomic E-state index is 13.8. The number of nitrogens with one attached hydrogen (secondary N) is 3. The summed E-state index contributed by atoms with van der Waals surface area (Å²) in [6, 6.07) is 9.67. The minimum atomic E-state index is -5.64. The number of sulfonamides is 3. The van der Waals surface area contributed by atoms with Gasteiger partial charge < -0.3 is 43.3 Å². The lowest BCUT2D eigenvalue weighted by Crippen LogP contribution is -2.44. The smallest absolute Gasteiger partial charge is 0.463 e. The van der Waals surface area contributed by atoms with Crippen LogP contribution in [0.2, 0.25) is 0 Å². The van der Waals surface area contributed by atoms with Gasteiger partial charge in [-0.15, -0.1) is 45.3 Å². The monoisotopic (exact) mass is 2290 g/mol. The van der Waals surface area contributed by atoms with Crippen molar-refractivity contribution < 1.29 is 117 Å². The maximum Gasteiger partial charge on any atom is 0.511 e. The van der Waals surface area contributed by atoms with Crippen LogP contribution in [0.1, 0.15) is 133 Å². The molecule has 53 heteroatoms. The molecule has 0 spiro atoms. The third-order valence-electron chi connectivity index (χ3n) is 22.3. The van der Waals surface area contributed by atoms with E-state index in [1.165, 1.54) is 128 Å². The Balaban J connectivity index is 0.000000139. The summed E-state index contributed by atoms with van der Waals surface area (Å²) in [5.41, 5.74) is -6.29. The number of aliphatic imine (C=N–C) groups is 4. The van der Waals surface area contributed by atoms with E-state index < -0.39 is 131 Å². The average molecular weight is 2300 g/mol. The van der Waals surface area contributed by atoms with E-state index in [2.05, 4.69) is 98.4 Å². The van der Waals surface area contributed by atoms with Crippen molar-refractivity contribution in [3.05, 3.63) is 248 Å². The summed E-state index contributed by atoms with van der Waals surface area (Å²) in [7, 11) is -14.7. The molecule has 1 saturated carbocycles. The Kier molecular flexibility index (Phi) is 31.2. The molecule has 5 saturated heterocycles. The molecule has 1 aliphatic carbocycles. The van der Waals surface area contributed by atoms with E-state index in [1.54, 1.807) is 77.3 Å². The molecule has 18 rings (SSSR count). The first kappa shape index (κ1) is 102. The van der Waals surface area contributed by atoms with Crippen LogP contribution in [0, 0.1) is 23.3 Å². The van der Waals surface area contributed by atoms with Gasteiger partial charge in [-0.3, -0.25) is 24.9 Å². The number of amides is 1. The number of hydrogen-bond acceptors (Lipinski definition) is 32. The van der Waals surface area contributed by atoms with Crippen molar-refractivity contribution in [2.75, 3.05) is 65.8 Å². The van der Waals surface area contributed by atoms with Crippen molar-refractivity contribution in [3.8, 4) is 0 Å². The summed E-state index contributed by atoms with van der Waals surface area (Å²) < 4.78 is 240. The van der Waals surface area contributed by atoms with Crippen LogP contribution in [0.15, 0.2) is 202 Å². The second-order valence-corrected chi connectivity index (χ2v) is 43.5. The zero-order valence-corrected chi connectivity index (χ0v) is 83.6. The largest absolute Gasteiger partial charge is 0.511 e. The number of cyclic esters (lactones) is 1. The van der Waals surface area contributed by atoms with Crippen molar-refractivity contribution in [1.29, 1.82) is 0 Å². The summed E-state index contributed by atoms with van der Waals surface area (Å²) in [4.78, 5) is 110. The SMILES string of the molecule is CCOC(=O)C1=C2C[C@@H](N3CCOC3=O)CN2C(c2nccs2)=N[C@H]1c1ccc(F)cc1Br.CCOC(=O)C1=C2C[C@@H](NS(=O)(=O)C(F)(F)F)CN2C(c2nccs2)=N[C@H]1c1ccc(F)cc1Br.CCOC(=O)C1=C2C[C@H](NS(=O)(=O)C(F)(F)F)CN2C(c2nccs2)=N[C@H]1c1ccc(F)cc1Br.CCOC(=O)C1=C2C[C@H](NS(=O)(=O)C3CC3)CN2C(c2nccs2)=N[C@H]1c1ccc(F)cc1Br. The van der Waals surface area contributed by atoms with Crippen molar-refractivity contribution in [3.63, 3.8) is 0 Å². The van der Waals surface area contributed by atoms with Crippen molar-refractivity contribution in [2.24, 2.45) is 20.0 Å². The Bertz CT molecular complexity index is 6460. The molecule has 0 bridgehead atoms. The number of carbonyl (C=O) groups is 5. The first-order chi connectivity index (χ1) is 65.1. The van der Waals surface area contributed by atoms with Gasteiger partial charge in [0.25, 0.3) is 0 Å². The Morgan fingerprint density at radius 3 is 0.949 bits per heavy atom. The molecule has 4 aromatic heterocycles. The number of aromatic nitrogens is 4. The second kappa shape index (κ2) is 42.0. The van der Waals surface area contributed by atoms with Crippen molar-refractivity contribution in [2.45, 2.75) is 131 Å². The molecule has 32 nitrogen and oxygen atoms in total. The van der Waals surface area contributed by atoms with E-state index >= 15 is 0 Å². The zero-order valence-electron chi connectivity index (χ0n) is 71.6. The Morgan fingerprint density at radius 1 is 0.431 bits per heavy atom. The lowest BCUT2D eigenvalue weighted by molar-refractivity contribution is -0.140. The average Bonchev–Trinajstić information content (AvgIpc) is 1.63. The van der Waals surface area contributed by atoms with Crippen LogP contribution in [0.5, 0.6) is 0 Å². The third kappa shape index (κ3) is 21.9. The Hall–Kier alpha value is -9.66. The molecule has 13 heterocycles. The van der Waals surface area contributed by atoms with Gasteiger partial charge in [0.15, 0.2) is 43.4 Å². The quantitative estimate of drug-likeness (QED) is 0.0287. The number of benzene rings is 4. The van der Waals surface area contributed by atoms with E-state index in [4.69, 9.17) is 33.7 Å². The highest BCUT2D eigenvalue weighted by Gasteiger charge is 2.54. The fourth-order valence-corrected chi connectivity index (χ4v) is 24.4. The third-order valence-corrected chi connectivity index (χ3v) is 32.6. The van der Waals surface area contributed by atoms with Crippen LogP contribution < -0.4 is 14.2 Å². The highest BCUT2D eigenvalue weighted by atomic mass is 79.9. The van der Waals surface area contributed by atoms with Crippen molar-refractivity contribution in [1.82, 2.24) is 58.6 Å². The second-order valence-electron chi connectivity index (χ2n) is 31.1. The van der Waals surface area contributed by atoms with E-state index in [1.807, 2.05) is 20.6 Å². The first-order valence-corrected chi connectivity index (χ1v) is 52.8. The lowest BCUT2D eigenvalue weighted by Gasteiger charge is -2.31. The van der Waals surface area contributed by atoms with Crippen LogP contribution in [0.4, 0.5) is 48.7 Å². The Labute approximate surface area is 825 Å². The van der Waals surface area contributed by atoms with Gasteiger partial charge in [0.2, 0.25) is 10.0 Å². The predicted molar refractivity (Wildman–Crippen MR) is 496 cm³/mol. The van der Waals surface area contributed by atoms with Gasteiger partial charge in [-0.05, 0) is 111 Å². The van der Waals surface area contributed by atoms with E-state index in [0.717, 1.165) is 5.70 Å². The zero-order chi connectivity index (χ0) is 98.2. The molecule has 0 unspecified atom stereocenters. The molecule has 1 amide bonds. The highest BCUT2D eigenvalue weighted by molar-refractivity contribution is 9.11. The summed E-state index contributed by atoms with van der Waals surface area (Å²) >= 11 is 18.7. The van der Waals surface area contributed by atoms with Crippen LogP contribution in [0.25, 0.3) is 0 Å². The van der Waals surface area contributed by atoms with Gasteiger partial charge in [-0.25, -0.2) is 101 Å². The Morgan fingerprint density at radius 2 is 0.708 bits per heavy atom. The fraction of sp³-hybridized carbons (Fsp3) is 0.369. The summed E-state index contributed by atoms with van der Waals surface area (Å²) in [5, 5.41) is 8.84. The minimum Gasteiger partial charge on any atom is -0.463 e. The fourth-order valence-electron chi connectivity index (χ4n) is 16.5. The van der Waals surface area contributed by atoms with Gasteiger partial charge in [-0.2, -0.15) is 26.3 Å². The summed E-state index contributed by atoms with van der Waals surface area (Å²) in [5.74, 6) is -2.77. The molecule has 8 atom stereocenters.